The molecule has 0 aliphatic heterocycles. The molecule has 0 aliphatic rings. The fourth-order valence-electron chi connectivity index (χ4n) is 2.73. The highest BCUT2D eigenvalue weighted by molar-refractivity contribution is 5.91. The van der Waals surface area contributed by atoms with Gasteiger partial charge in [-0.15, -0.1) is 0 Å². The van der Waals surface area contributed by atoms with E-state index in [-0.39, 0.29) is 11.9 Å². The number of halogens is 3. The second kappa shape index (κ2) is 8.30. The number of aromatic nitrogens is 3. The van der Waals surface area contributed by atoms with Gasteiger partial charge in [-0.05, 0) is 48.4 Å². The standard InChI is InChI=1S/C21H19F3N4O/c1-15(17-6-10-19(11-7-17)28-14-25-13-26-28)27(2)20(29)12-5-16-3-8-18(9-4-16)21(22,23)24/h3-15H,1-2H3/b12-5+/t15-/m0/s1. The molecular weight excluding hydrogens is 381 g/mol. The zero-order chi connectivity index (χ0) is 21.0. The Labute approximate surface area is 166 Å². The van der Waals surface area contributed by atoms with E-state index in [1.54, 1.807) is 23.0 Å². The van der Waals surface area contributed by atoms with Crippen molar-refractivity contribution >= 4 is 12.0 Å². The lowest BCUT2D eigenvalue weighted by Gasteiger charge is -2.24. The molecule has 0 N–H and O–H groups in total. The average molecular weight is 400 g/mol. The Morgan fingerprint density at radius 2 is 1.76 bits per heavy atom. The monoisotopic (exact) mass is 400 g/mol. The second-order valence-corrected chi connectivity index (χ2v) is 6.51. The molecule has 0 unspecified atom stereocenters. The number of hydrogen-bond acceptors (Lipinski definition) is 3. The van der Waals surface area contributed by atoms with Crippen molar-refractivity contribution in [3.8, 4) is 5.69 Å². The van der Waals surface area contributed by atoms with Gasteiger partial charge in [-0.25, -0.2) is 9.67 Å². The lowest BCUT2D eigenvalue weighted by Crippen LogP contribution is -2.27. The first kappa shape index (κ1) is 20.3. The van der Waals surface area contributed by atoms with Crippen LogP contribution in [-0.4, -0.2) is 32.6 Å². The second-order valence-electron chi connectivity index (χ2n) is 6.51. The summed E-state index contributed by atoms with van der Waals surface area (Å²) in [5, 5.41) is 4.07. The summed E-state index contributed by atoms with van der Waals surface area (Å²) in [5.74, 6) is -0.252. The highest BCUT2D eigenvalue weighted by Gasteiger charge is 2.29. The van der Waals surface area contributed by atoms with Crippen LogP contribution in [0.5, 0.6) is 0 Å². The van der Waals surface area contributed by atoms with Crippen LogP contribution in [0.2, 0.25) is 0 Å². The van der Waals surface area contributed by atoms with E-state index in [2.05, 4.69) is 10.1 Å². The number of nitrogens with zero attached hydrogens (tertiary/aromatic N) is 4. The number of carbonyl (C=O) groups excluding carboxylic acids is 1. The minimum atomic E-state index is -4.38. The summed E-state index contributed by atoms with van der Waals surface area (Å²) in [7, 11) is 1.68. The van der Waals surface area contributed by atoms with Gasteiger partial charge in [0.05, 0.1) is 17.3 Å². The Bertz CT molecular complexity index is 978. The van der Waals surface area contributed by atoms with Crippen LogP contribution in [-0.2, 0) is 11.0 Å². The van der Waals surface area contributed by atoms with Crippen molar-refractivity contribution in [3.05, 3.63) is 84.0 Å². The molecule has 1 aromatic heterocycles. The third-order valence-electron chi connectivity index (χ3n) is 4.64. The van der Waals surface area contributed by atoms with Crippen LogP contribution in [0.15, 0.2) is 67.3 Å². The molecule has 2 aromatic carbocycles. The molecule has 1 heterocycles. The van der Waals surface area contributed by atoms with E-state index in [9.17, 15) is 18.0 Å². The molecule has 1 atom stereocenters. The molecule has 29 heavy (non-hydrogen) atoms. The minimum absolute atomic E-state index is 0.190. The maximum Gasteiger partial charge on any atom is 0.416 e. The van der Waals surface area contributed by atoms with Gasteiger partial charge in [0.1, 0.15) is 12.7 Å². The molecule has 0 bridgehead atoms. The van der Waals surface area contributed by atoms with Crippen molar-refractivity contribution in [2.24, 2.45) is 0 Å². The van der Waals surface area contributed by atoms with Crippen molar-refractivity contribution in [2.75, 3.05) is 7.05 Å². The van der Waals surface area contributed by atoms with E-state index in [1.165, 1.54) is 30.6 Å². The predicted molar refractivity (Wildman–Crippen MR) is 103 cm³/mol. The zero-order valence-electron chi connectivity index (χ0n) is 15.8. The molecule has 0 saturated heterocycles. The summed E-state index contributed by atoms with van der Waals surface area (Å²) in [5.41, 5.74) is 1.59. The summed E-state index contributed by atoms with van der Waals surface area (Å²) < 4.78 is 39.5. The number of rotatable bonds is 5. The number of carbonyl (C=O) groups is 1. The molecule has 8 heteroatoms. The summed E-state index contributed by atoms with van der Waals surface area (Å²) in [4.78, 5) is 17.9. The Morgan fingerprint density at radius 1 is 1.10 bits per heavy atom. The van der Waals surface area contributed by atoms with Gasteiger partial charge in [0.25, 0.3) is 0 Å². The van der Waals surface area contributed by atoms with Gasteiger partial charge in [0, 0.05) is 13.1 Å². The highest BCUT2D eigenvalue weighted by Crippen LogP contribution is 2.29. The number of likely N-dealkylation sites (N-methyl/N-ethyl adjacent to an activating group) is 1. The van der Waals surface area contributed by atoms with Crippen LogP contribution in [0.4, 0.5) is 13.2 Å². The normalized spacial score (nSPS) is 12.9. The maximum atomic E-state index is 12.6. The minimum Gasteiger partial charge on any atom is -0.335 e. The summed E-state index contributed by atoms with van der Waals surface area (Å²) in [6, 6.07) is 12.0. The molecule has 0 spiro atoms. The third kappa shape index (κ3) is 4.90. The lowest BCUT2D eigenvalue weighted by molar-refractivity contribution is -0.137. The van der Waals surface area contributed by atoms with Crippen LogP contribution in [0.1, 0.15) is 29.7 Å². The maximum absolute atomic E-state index is 12.6. The summed E-state index contributed by atoms with van der Waals surface area (Å²) in [6.07, 6.45) is 1.52. The molecule has 3 rings (SSSR count). The van der Waals surface area contributed by atoms with Crippen LogP contribution in [0.3, 0.4) is 0 Å². The molecule has 0 aliphatic carbocycles. The Kier molecular flexibility index (Phi) is 5.81. The van der Waals surface area contributed by atoms with Crippen molar-refractivity contribution in [3.63, 3.8) is 0 Å². The van der Waals surface area contributed by atoms with Gasteiger partial charge in [-0.3, -0.25) is 4.79 Å². The van der Waals surface area contributed by atoms with E-state index in [0.717, 1.165) is 23.4 Å². The van der Waals surface area contributed by atoms with Gasteiger partial charge in [0.15, 0.2) is 0 Å². The Morgan fingerprint density at radius 3 is 2.31 bits per heavy atom. The van der Waals surface area contributed by atoms with E-state index in [1.807, 2.05) is 31.2 Å². The molecule has 1 amide bonds. The first-order valence-corrected chi connectivity index (χ1v) is 8.83. The van der Waals surface area contributed by atoms with Gasteiger partial charge in [-0.2, -0.15) is 18.3 Å². The van der Waals surface area contributed by atoms with Crippen molar-refractivity contribution in [2.45, 2.75) is 19.1 Å². The fourth-order valence-corrected chi connectivity index (χ4v) is 2.73. The SMILES string of the molecule is C[C@@H](c1ccc(-n2cncn2)cc1)N(C)C(=O)/C=C/c1ccc(C(F)(F)F)cc1. The Balaban J connectivity index is 1.65. The molecule has 0 saturated carbocycles. The van der Waals surface area contributed by atoms with Crippen molar-refractivity contribution in [1.29, 1.82) is 0 Å². The van der Waals surface area contributed by atoms with Gasteiger partial charge in [0.2, 0.25) is 5.91 Å². The Hall–Kier alpha value is -3.42. The fraction of sp³-hybridized carbons (Fsp3) is 0.190. The van der Waals surface area contributed by atoms with Crippen LogP contribution in [0.25, 0.3) is 11.8 Å². The van der Waals surface area contributed by atoms with E-state index in [0.29, 0.717) is 5.56 Å². The van der Waals surface area contributed by atoms with Gasteiger partial charge >= 0.3 is 6.18 Å². The lowest BCUT2D eigenvalue weighted by atomic mass is 10.1. The first-order valence-electron chi connectivity index (χ1n) is 8.83. The number of alkyl halides is 3. The smallest absolute Gasteiger partial charge is 0.335 e. The van der Waals surface area contributed by atoms with Gasteiger partial charge < -0.3 is 4.90 Å². The third-order valence-corrected chi connectivity index (χ3v) is 4.64. The molecular formula is C21H19F3N4O. The molecule has 150 valence electrons. The van der Waals surface area contributed by atoms with E-state index in [4.69, 9.17) is 0 Å². The highest BCUT2D eigenvalue weighted by atomic mass is 19.4. The summed E-state index contributed by atoms with van der Waals surface area (Å²) in [6.45, 7) is 1.90. The summed E-state index contributed by atoms with van der Waals surface area (Å²) >= 11 is 0. The first-order chi connectivity index (χ1) is 13.8. The van der Waals surface area contributed by atoms with Crippen LogP contribution >= 0.6 is 0 Å². The molecule has 5 nitrogen and oxygen atoms in total. The number of amides is 1. The molecule has 0 radical (unpaired) electrons. The van der Waals surface area contributed by atoms with Crippen LogP contribution in [0, 0.1) is 0 Å². The topological polar surface area (TPSA) is 51.0 Å². The van der Waals surface area contributed by atoms with Crippen molar-refractivity contribution in [1.82, 2.24) is 19.7 Å². The largest absolute Gasteiger partial charge is 0.416 e. The van der Waals surface area contributed by atoms with Crippen molar-refractivity contribution < 1.29 is 18.0 Å². The zero-order valence-corrected chi connectivity index (χ0v) is 15.8. The van der Waals surface area contributed by atoms with Gasteiger partial charge in [-0.1, -0.05) is 24.3 Å². The number of hydrogen-bond donors (Lipinski definition) is 0. The number of benzene rings is 2. The van der Waals surface area contributed by atoms with E-state index >= 15 is 0 Å². The molecule has 0 fully saturated rings. The molecule has 3 aromatic rings. The predicted octanol–water partition coefficient (Wildman–Crippen LogP) is 4.52. The average Bonchev–Trinajstić information content (AvgIpc) is 3.25. The van der Waals surface area contributed by atoms with E-state index < -0.39 is 11.7 Å². The quantitative estimate of drug-likeness (QED) is 0.592. The van der Waals surface area contributed by atoms with Crippen LogP contribution < -0.4 is 0 Å².